The summed E-state index contributed by atoms with van der Waals surface area (Å²) in [6, 6.07) is 2.66. The number of hydrogen-bond donors (Lipinski definition) is 3. The fourth-order valence-corrected chi connectivity index (χ4v) is 2.81. The van der Waals surface area contributed by atoms with Crippen LogP contribution in [0.3, 0.4) is 0 Å². The summed E-state index contributed by atoms with van der Waals surface area (Å²) in [7, 11) is 0. The molecule has 0 radical (unpaired) electrons. The highest BCUT2D eigenvalue weighted by Gasteiger charge is 2.25. The van der Waals surface area contributed by atoms with E-state index in [1.165, 1.54) is 31.6 Å². The monoisotopic (exact) mass is 382 g/mol. The number of benzene rings is 1. The van der Waals surface area contributed by atoms with Crippen LogP contribution in [0.25, 0.3) is 11.4 Å². The van der Waals surface area contributed by atoms with Crippen molar-refractivity contribution in [1.82, 2.24) is 24.7 Å². The summed E-state index contributed by atoms with van der Waals surface area (Å²) in [6.07, 6.45) is 2.83. The fourth-order valence-electron chi connectivity index (χ4n) is 2.81. The number of imidazole rings is 1. The highest BCUT2D eigenvalue weighted by atomic mass is 19.1. The first-order valence-electron chi connectivity index (χ1n) is 8.30. The molecule has 1 aromatic carbocycles. The number of nitrogens with two attached hydrogens (primary N) is 1. The summed E-state index contributed by atoms with van der Waals surface area (Å²) in [5.41, 5.74) is 4.23. The molecule has 28 heavy (non-hydrogen) atoms. The molecule has 4 N–H and O–H groups in total. The van der Waals surface area contributed by atoms with Crippen LogP contribution in [-0.2, 0) is 12.1 Å². The number of carbonyl (C=O) groups is 1. The van der Waals surface area contributed by atoms with E-state index in [2.05, 4.69) is 32.0 Å². The topological polar surface area (TPSA) is 132 Å². The molecule has 3 aromatic rings. The largest absolute Gasteiger partial charge is 0.491 e. The second kappa shape index (κ2) is 6.47. The summed E-state index contributed by atoms with van der Waals surface area (Å²) < 4.78 is 21.8. The van der Waals surface area contributed by atoms with E-state index in [-0.39, 0.29) is 29.4 Å². The molecule has 2 aromatic heterocycles. The number of primary amides is 1. The van der Waals surface area contributed by atoms with E-state index in [4.69, 9.17) is 10.5 Å². The number of rotatable bonds is 2. The van der Waals surface area contributed by atoms with E-state index in [0.717, 1.165) is 0 Å². The quantitative estimate of drug-likeness (QED) is 0.555. The minimum atomic E-state index is -1.67. The van der Waals surface area contributed by atoms with E-state index in [9.17, 15) is 14.3 Å². The number of aliphatic hydroxyl groups is 1. The van der Waals surface area contributed by atoms with Gasteiger partial charge in [-0.3, -0.25) is 9.89 Å². The maximum atomic E-state index is 14.5. The third-order valence-corrected chi connectivity index (χ3v) is 4.22. The van der Waals surface area contributed by atoms with Gasteiger partial charge in [0.2, 0.25) is 0 Å². The second-order valence-corrected chi connectivity index (χ2v) is 6.33. The average molecular weight is 382 g/mol. The molecular weight excluding hydrogens is 367 g/mol. The van der Waals surface area contributed by atoms with Crippen LogP contribution in [0.1, 0.15) is 28.8 Å². The van der Waals surface area contributed by atoms with Crippen molar-refractivity contribution in [3.63, 3.8) is 0 Å². The van der Waals surface area contributed by atoms with Gasteiger partial charge in [0.1, 0.15) is 36.0 Å². The molecule has 1 amide bonds. The van der Waals surface area contributed by atoms with Crippen molar-refractivity contribution in [2.24, 2.45) is 5.73 Å². The Hall–Kier alpha value is -3.71. The zero-order valence-corrected chi connectivity index (χ0v) is 14.7. The number of nitrogens with one attached hydrogen (secondary N) is 1. The molecule has 0 saturated heterocycles. The SMILES string of the molecule is CC(O)(C#Cc1cc2c(cc1F)OCCn1cc(C(N)=O)nc1-2)c1nc[nH]n1. The molecule has 3 heterocycles. The Balaban J connectivity index is 1.80. The summed E-state index contributed by atoms with van der Waals surface area (Å²) in [5.74, 6) is 4.68. The number of aromatic nitrogens is 5. The van der Waals surface area contributed by atoms with Gasteiger partial charge in [-0.05, 0) is 13.0 Å². The lowest BCUT2D eigenvalue weighted by atomic mass is 10.0. The summed E-state index contributed by atoms with van der Waals surface area (Å²) >= 11 is 0. The first-order chi connectivity index (χ1) is 13.3. The predicted octanol–water partition coefficient (Wildman–Crippen LogP) is 0.558. The Morgan fingerprint density at radius 3 is 3.04 bits per heavy atom. The zero-order chi connectivity index (χ0) is 19.9. The summed E-state index contributed by atoms with van der Waals surface area (Å²) in [4.78, 5) is 19.6. The number of H-pyrrole nitrogens is 1. The van der Waals surface area contributed by atoms with Crippen LogP contribution in [0.5, 0.6) is 5.75 Å². The number of carbonyl (C=O) groups excluding carboxylic acids is 1. The zero-order valence-electron chi connectivity index (χ0n) is 14.7. The Bertz CT molecular complexity index is 1120. The fraction of sp³-hybridized carbons (Fsp3) is 0.222. The molecule has 9 nitrogen and oxygen atoms in total. The van der Waals surface area contributed by atoms with Crippen LogP contribution in [0.2, 0.25) is 0 Å². The number of ether oxygens (including phenoxy) is 1. The van der Waals surface area contributed by atoms with Crippen LogP contribution in [0.15, 0.2) is 24.7 Å². The van der Waals surface area contributed by atoms with Crippen LogP contribution >= 0.6 is 0 Å². The Kier molecular flexibility index (Phi) is 4.09. The van der Waals surface area contributed by atoms with Crippen molar-refractivity contribution in [3.8, 4) is 29.0 Å². The van der Waals surface area contributed by atoms with Crippen molar-refractivity contribution in [2.45, 2.75) is 19.1 Å². The number of nitrogens with zero attached hydrogens (tertiary/aromatic N) is 4. The van der Waals surface area contributed by atoms with Gasteiger partial charge in [-0.2, -0.15) is 5.10 Å². The van der Waals surface area contributed by atoms with Crippen LogP contribution in [0, 0.1) is 17.7 Å². The van der Waals surface area contributed by atoms with Gasteiger partial charge >= 0.3 is 0 Å². The smallest absolute Gasteiger partial charge is 0.268 e. The normalized spacial score (nSPS) is 14.5. The van der Waals surface area contributed by atoms with Gasteiger partial charge in [0, 0.05) is 12.3 Å². The van der Waals surface area contributed by atoms with Crippen molar-refractivity contribution in [1.29, 1.82) is 0 Å². The van der Waals surface area contributed by atoms with Gasteiger partial charge in [-0.1, -0.05) is 11.8 Å². The Morgan fingerprint density at radius 1 is 1.50 bits per heavy atom. The summed E-state index contributed by atoms with van der Waals surface area (Å²) in [5, 5.41) is 16.7. The maximum Gasteiger partial charge on any atom is 0.268 e. The van der Waals surface area contributed by atoms with E-state index >= 15 is 0 Å². The second-order valence-electron chi connectivity index (χ2n) is 6.33. The molecule has 0 aliphatic carbocycles. The molecule has 142 valence electrons. The van der Waals surface area contributed by atoms with Gasteiger partial charge < -0.3 is 20.1 Å². The molecule has 1 aliphatic heterocycles. The molecule has 1 aliphatic rings. The average Bonchev–Trinajstić information content (AvgIpc) is 3.29. The lowest BCUT2D eigenvalue weighted by Gasteiger charge is -2.11. The van der Waals surface area contributed by atoms with Gasteiger partial charge in [0.05, 0.1) is 17.7 Å². The lowest BCUT2D eigenvalue weighted by Crippen LogP contribution is -2.20. The lowest BCUT2D eigenvalue weighted by molar-refractivity contribution is 0.0995. The van der Waals surface area contributed by atoms with Crippen LogP contribution < -0.4 is 10.5 Å². The van der Waals surface area contributed by atoms with Crippen molar-refractivity contribution in [2.75, 3.05) is 6.61 Å². The minimum absolute atomic E-state index is 0.0234. The van der Waals surface area contributed by atoms with E-state index < -0.39 is 17.3 Å². The Morgan fingerprint density at radius 2 is 2.32 bits per heavy atom. The maximum absolute atomic E-state index is 14.5. The third-order valence-electron chi connectivity index (χ3n) is 4.22. The molecule has 0 spiro atoms. The molecule has 10 heteroatoms. The number of halogens is 1. The number of amides is 1. The summed E-state index contributed by atoms with van der Waals surface area (Å²) in [6.45, 7) is 2.10. The third kappa shape index (κ3) is 3.08. The van der Waals surface area contributed by atoms with Crippen molar-refractivity contribution in [3.05, 3.63) is 47.6 Å². The minimum Gasteiger partial charge on any atom is -0.491 e. The molecule has 0 bridgehead atoms. The molecule has 1 atom stereocenters. The highest BCUT2D eigenvalue weighted by Crippen LogP contribution is 2.34. The molecule has 1 unspecified atom stereocenters. The number of aromatic amines is 1. The molecule has 0 fully saturated rings. The van der Waals surface area contributed by atoms with E-state index in [1.807, 2.05) is 0 Å². The van der Waals surface area contributed by atoms with Crippen LogP contribution in [-0.4, -0.2) is 42.4 Å². The molecular formula is C18H15FN6O3. The number of fused-ring (bicyclic) bond motifs is 3. The molecule has 4 rings (SSSR count). The van der Waals surface area contributed by atoms with E-state index in [1.54, 1.807) is 4.57 Å². The van der Waals surface area contributed by atoms with Crippen molar-refractivity contribution < 1.29 is 19.0 Å². The predicted molar refractivity (Wildman–Crippen MR) is 94.5 cm³/mol. The first-order valence-corrected chi connectivity index (χ1v) is 8.30. The van der Waals surface area contributed by atoms with E-state index in [0.29, 0.717) is 17.9 Å². The van der Waals surface area contributed by atoms with Gasteiger partial charge in [-0.15, -0.1) is 0 Å². The van der Waals surface area contributed by atoms with Gasteiger partial charge in [-0.25, -0.2) is 14.4 Å². The van der Waals surface area contributed by atoms with Gasteiger partial charge in [0.25, 0.3) is 5.91 Å². The van der Waals surface area contributed by atoms with Crippen molar-refractivity contribution >= 4 is 5.91 Å². The highest BCUT2D eigenvalue weighted by molar-refractivity contribution is 5.91. The standard InChI is InChI=1S/C18H15FN6O3/c1-18(27,17-21-9-22-24-17)3-2-10-6-11-14(7-12(10)19)28-5-4-25-8-13(15(20)26)23-16(11)25/h6-9,27H,4-5H2,1H3,(H2,20,26)(H,21,22,24). The number of hydrogen-bond acceptors (Lipinski definition) is 6. The molecule has 0 saturated carbocycles. The Labute approximate surface area is 158 Å². The van der Waals surface area contributed by atoms with Crippen LogP contribution in [0.4, 0.5) is 4.39 Å². The van der Waals surface area contributed by atoms with Gasteiger partial charge in [0.15, 0.2) is 11.4 Å². The first kappa shape index (κ1) is 17.7.